The lowest BCUT2D eigenvalue weighted by atomic mass is 10.1. The Balaban J connectivity index is 1.79. The van der Waals surface area contributed by atoms with Crippen LogP contribution in [0.4, 0.5) is 0 Å². The van der Waals surface area contributed by atoms with Crippen molar-refractivity contribution in [3.05, 3.63) is 42.7 Å². The first kappa shape index (κ1) is 15.9. The van der Waals surface area contributed by atoms with Gasteiger partial charge in [-0.2, -0.15) is 11.8 Å². The minimum atomic E-state index is 0.431. The first-order valence-electron chi connectivity index (χ1n) is 7.43. The zero-order valence-electron chi connectivity index (χ0n) is 12.2. The lowest BCUT2D eigenvalue weighted by molar-refractivity contribution is 0.539. The van der Waals surface area contributed by atoms with E-state index >= 15 is 0 Å². The monoisotopic (exact) mass is 357 g/mol. The molecule has 1 aliphatic heterocycles. The topological polar surface area (TPSA) is 12.0 Å². The van der Waals surface area contributed by atoms with Gasteiger partial charge in [0.05, 0.1) is 4.34 Å². The van der Waals surface area contributed by atoms with Gasteiger partial charge in [0.1, 0.15) is 0 Å². The van der Waals surface area contributed by atoms with E-state index in [1.165, 1.54) is 34.1 Å². The van der Waals surface area contributed by atoms with Gasteiger partial charge in [-0.05, 0) is 48.9 Å². The van der Waals surface area contributed by atoms with Crippen LogP contribution in [-0.4, -0.2) is 12.3 Å². The number of thiophene rings is 2. The summed E-state index contributed by atoms with van der Waals surface area (Å²) in [7, 11) is 0. The second kappa shape index (κ2) is 7.51. The molecular weight excluding hydrogens is 338 g/mol. The molecule has 0 fully saturated rings. The zero-order chi connectivity index (χ0) is 14.7. The quantitative estimate of drug-likeness (QED) is 0.728. The molecule has 114 valence electrons. The molecule has 0 radical (unpaired) electrons. The molecular formula is C16H20ClNS3. The van der Waals surface area contributed by atoms with Crippen LogP contribution in [0.5, 0.6) is 0 Å². The van der Waals surface area contributed by atoms with Crippen LogP contribution >= 0.6 is 46.0 Å². The van der Waals surface area contributed by atoms with Gasteiger partial charge in [0.15, 0.2) is 0 Å². The molecule has 0 aliphatic carbocycles. The van der Waals surface area contributed by atoms with Crippen molar-refractivity contribution in [3.63, 3.8) is 0 Å². The second-order valence-corrected chi connectivity index (χ2v) is 9.39. The molecule has 1 unspecified atom stereocenters. The van der Waals surface area contributed by atoms with E-state index < -0.39 is 0 Å². The van der Waals surface area contributed by atoms with E-state index in [0.29, 0.717) is 6.04 Å². The molecule has 21 heavy (non-hydrogen) atoms. The third-order valence-corrected chi connectivity index (χ3v) is 7.28. The van der Waals surface area contributed by atoms with E-state index in [1.807, 2.05) is 17.4 Å². The maximum absolute atomic E-state index is 6.07. The number of halogens is 1. The fraction of sp³-hybridized carbons (Fsp3) is 0.500. The summed E-state index contributed by atoms with van der Waals surface area (Å²) in [5.74, 6) is 2.47. The molecule has 1 nitrogen and oxygen atoms in total. The van der Waals surface area contributed by atoms with Gasteiger partial charge in [-0.25, -0.2) is 0 Å². The van der Waals surface area contributed by atoms with Crippen LogP contribution in [0, 0.1) is 0 Å². The van der Waals surface area contributed by atoms with Gasteiger partial charge in [-0.1, -0.05) is 18.5 Å². The van der Waals surface area contributed by atoms with Crippen LogP contribution in [0.3, 0.4) is 0 Å². The van der Waals surface area contributed by atoms with Crippen LogP contribution in [0.1, 0.15) is 39.6 Å². The lowest BCUT2D eigenvalue weighted by Gasteiger charge is -2.16. The van der Waals surface area contributed by atoms with E-state index in [0.717, 1.165) is 17.3 Å². The Morgan fingerprint density at radius 1 is 1.33 bits per heavy atom. The number of hydrogen-bond donors (Lipinski definition) is 1. The number of aryl methyl sites for hydroxylation is 1. The molecule has 0 saturated carbocycles. The summed E-state index contributed by atoms with van der Waals surface area (Å²) in [4.78, 5) is 4.48. The first-order valence-corrected chi connectivity index (χ1v) is 10.6. The Bertz CT molecular complexity index is 567. The van der Waals surface area contributed by atoms with Gasteiger partial charge in [-0.3, -0.25) is 0 Å². The summed E-state index contributed by atoms with van der Waals surface area (Å²) < 4.78 is 0.890. The molecule has 0 aromatic carbocycles. The fourth-order valence-electron chi connectivity index (χ4n) is 2.60. The predicted octanol–water partition coefficient (Wildman–Crippen LogP) is 5.54. The Morgan fingerprint density at radius 3 is 2.95 bits per heavy atom. The molecule has 0 spiro atoms. The van der Waals surface area contributed by atoms with Crippen molar-refractivity contribution < 1.29 is 0 Å². The van der Waals surface area contributed by atoms with Crippen molar-refractivity contribution in [2.75, 3.05) is 12.3 Å². The van der Waals surface area contributed by atoms with Gasteiger partial charge in [0.2, 0.25) is 0 Å². The molecule has 3 heterocycles. The van der Waals surface area contributed by atoms with E-state index in [1.54, 1.807) is 21.8 Å². The van der Waals surface area contributed by atoms with Gasteiger partial charge in [0, 0.05) is 32.8 Å². The van der Waals surface area contributed by atoms with Crippen molar-refractivity contribution in [3.8, 4) is 0 Å². The first-order chi connectivity index (χ1) is 10.3. The van der Waals surface area contributed by atoms with Crippen molar-refractivity contribution >= 4 is 46.0 Å². The van der Waals surface area contributed by atoms with E-state index in [2.05, 4.69) is 36.1 Å². The average molecular weight is 358 g/mol. The maximum Gasteiger partial charge on any atom is 0.0931 e. The molecule has 1 aliphatic rings. The molecule has 3 rings (SSSR count). The zero-order valence-corrected chi connectivity index (χ0v) is 15.4. The SMILES string of the molecule is CCCNC(Cc1ccc(Cl)s1)c1cc2c(s1)CCSC2. The summed E-state index contributed by atoms with van der Waals surface area (Å²) in [5.41, 5.74) is 1.57. The van der Waals surface area contributed by atoms with Gasteiger partial charge >= 0.3 is 0 Å². The van der Waals surface area contributed by atoms with E-state index in [-0.39, 0.29) is 0 Å². The molecule has 1 atom stereocenters. The summed E-state index contributed by atoms with van der Waals surface area (Å²) in [5, 5.41) is 3.72. The molecule has 2 aromatic heterocycles. The Labute approximate surface area is 144 Å². The van der Waals surface area contributed by atoms with Crippen molar-refractivity contribution in [1.29, 1.82) is 0 Å². The van der Waals surface area contributed by atoms with E-state index in [9.17, 15) is 0 Å². The highest BCUT2D eigenvalue weighted by Crippen LogP contribution is 2.36. The summed E-state index contributed by atoms with van der Waals surface area (Å²) in [6, 6.07) is 7.04. The molecule has 2 aromatic rings. The lowest BCUT2D eigenvalue weighted by Crippen LogP contribution is -2.23. The smallest absolute Gasteiger partial charge is 0.0931 e. The van der Waals surface area contributed by atoms with Crippen LogP contribution in [0.2, 0.25) is 4.34 Å². The summed E-state index contributed by atoms with van der Waals surface area (Å²) in [6.07, 6.45) is 3.46. The minimum Gasteiger partial charge on any atom is -0.309 e. The molecule has 5 heteroatoms. The number of hydrogen-bond acceptors (Lipinski definition) is 4. The van der Waals surface area contributed by atoms with Gasteiger partial charge in [0.25, 0.3) is 0 Å². The van der Waals surface area contributed by atoms with Crippen molar-refractivity contribution in [2.24, 2.45) is 0 Å². The molecule has 0 saturated heterocycles. The maximum atomic E-state index is 6.07. The van der Waals surface area contributed by atoms with Crippen LogP contribution in [-0.2, 0) is 18.6 Å². The number of nitrogens with one attached hydrogen (secondary N) is 1. The minimum absolute atomic E-state index is 0.431. The molecule has 0 bridgehead atoms. The van der Waals surface area contributed by atoms with E-state index in [4.69, 9.17) is 11.6 Å². The standard InChI is InChI=1S/C16H20ClNS3/c1-2-6-18-13(9-12-3-4-16(17)20-12)15-8-11-10-19-7-5-14(11)21-15/h3-4,8,13,18H,2,5-7,9-10H2,1H3. The Morgan fingerprint density at radius 2 is 2.24 bits per heavy atom. The molecule has 1 N–H and O–H groups in total. The highest BCUT2D eigenvalue weighted by atomic mass is 35.5. The average Bonchev–Trinajstić information content (AvgIpc) is 3.09. The largest absolute Gasteiger partial charge is 0.309 e. The van der Waals surface area contributed by atoms with Gasteiger partial charge < -0.3 is 5.32 Å². The van der Waals surface area contributed by atoms with Gasteiger partial charge in [-0.15, -0.1) is 22.7 Å². The summed E-state index contributed by atoms with van der Waals surface area (Å²) >= 11 is 11.9. The van der Waals surface area contributed by atoms with Crippen LogP contribution < -0.4 is 5.32 Å². The number of fused-ring (bicyclic) bond motifs is 1. The molecule has 0 amide bonds. The Hall–Kier alpha value is -0.000000000000000111. The van der Waals surface area contributed by atoms with Crippen molar-refractivity contribution in [1.82, 2.24) is 5.32 Å². The number of thioether (sulfide) groups is 1. The summed E-state index contributed by atoms with van der Waals surface area (Å²) in [6.45, 7) is 3.29. The highest BCUT2D eigenvalue weighted by Gasteiger charge is 2.20. The highest BCUT2D eigenvalue weighted by molar-refractivity contribution is 7.98. The Kier molecular flexibility index (Phi) is 5.68. The third kappa shape index (κ3) is 4.05. The van der Waals surface area contributed by atoms with Crippen LogP contribution in [0.25, 0.3) is 0 Å². The normalized spacial score (nSPS) is 15.9. The predicted molar refractivity (Wildman–Crippen MR) is 98.3 cm³/mol. The fourth-order valence-corrected chi connectivity index (χ4v) is 6.18. The number of rotatable bonds is 6. The van der Waals surface area contributed by atoms with Crippen molar-refractivity contribution in [2.45, 2.75) is 38.0 Å². The second-order valence-electron chi connectivity index (χ2n) is 5.32. The van der Waals surface area contributed by atoms with Crippen LogP contribution in [0.15, 0.2) is 18.2 Å². The third-order valence-electron chi connectivity index (χ3n) is 3.67.